The normalized spacial score (nSPS) is 17.4. The molecule has 0 aliphatic carbocycles. The van der Waals surface area contributed by atoms with E-state index in [0.29, 0.717) is 5.82 Å². The summed E-state index contributed by atoms with van der Waals surface area (Å²) in [5.74, 6) is 0.586. The zero-order chi connectivity index (χ0) is 13.0. The van der Waals surface area contributed by atoms with Crippen LogP contribution < -0.4 is 10.6 Å². The molecule has 1 aromatic rings. The van der Waals surface area contributed by atoms with E-state index in [2.05, 4.69) is 39.8 Å². The second-order valence-electron chi connectivity index (χ2n) is 5.07. The fourth-order valence-corrected chi connectivity index (χ4v) is 2.16. The van der Waals surface area contributed by atoms with Crippen molar-refractivity contribution in [2.24, 2.45) is 0 Å². The summed E-state index contributed by atoms with van der Waals surface area (Å²) in [6.07, 6.45) is 1.87. The predicted octanol–water partition coefficient (Wildman–Crippen LogP) is 0.347. The van der Waals surface area contributed by atoms with E-state index in [9.17, 15) is 0 Å². The lowest BCUT2D eigenvalue weighted by Crippen LogP contribution is -2.48. The van der Waals surface area contributed by atoms with Crippen molar-refractivity contribution < 1.29 is 0 Å². The molecule has 0 atom stereocenters. The fraction of sp³-hybridized carbons (Fsp3) is 0.615. The van der Waals surface area contributed by atoms with Gasteiger partial charge in [-0.2, -0.15) is 0 Å². The van der Waals surface area contributed by atoms with Gasteiger partial charge in [-0.05, 0) is 26.2 Å². The molecule has 0 spiro atoms. The number of aromatic nitrogens is 1. The van der Waals surface area contributed by atoms with E-state index in [1.165, 1.54) is 5.69 Å². The second kappa shape index (κ2) is 6.02. The molecule has 100 valence electrons. The van der Waals surface area contributed by atoms with E-state index in [4.69, 9.17) is 5.73 Å². The first-order chi connectivity index (χ1) is 8.65. The van der Waals surface area contributed by atoms with Crippen molar-refractivity contribution in [2.45, 2.75) is 0 Å². The maximum atomic E-state index is 5.60. The molecule has 1 aliphatic heterocycles. The molecule has 0 amide bonds. The number of nitrogens with two attached hydrogens (primary N) is 1. The van der Waals surface area contributed by atoms with Crippen molar-refractivity contribution in [1.82, 2.24) is 14.8 Å². The Morgan fingerprint density at radius 1 is 1.22 bits per heavy atom. The summed E-state index contributed by atoms with van der Waals surface area (Å²) >= 11 is 0. The summed E-state index contributed by atoms with van der Waals surface area (Å²) in [5, 5.41) is 0. The van der Waals surface area contributed by atoms with Gasteiger partial charge in [0.05, 0.1) is 11.9 Å². The highest BCUT2D eigenvalue weighted by Crippen LogP contribution is 2.15. The minimum Gasteiger partial charge on any atom is -0.384 e. The Balaban J connectivity index is 1.81. The predicted molar refractivity (Wildman–Crippen MR) is 75.9 cm³/mol. The molecule has 1 aliphatic rings. The summed E-state index contributed by atoms with van der Waals surface area (Å²) in [4.78, 5) is 11.3. The Morgan fingerprint density at radius 2 is 1.94 bits per heavy atom. The van der Waals surface area contributed by atoms with Crippen LogP contribution in [0.25, 0.3) is 0 Å². The third-order valence-corrected chi connectivity index (χ3v) is 3.37. The van der Waals surface area contributed by atoms with Crippen LogP contribution in [0.1, 0.15) is 0 Å². The molecule has 2 heterocycles. The first-order valence-electron chi connectivity index (χ1n) is 6.49. The number of likely N-dealkylation sites (N-methyl/N-ethyl adjacent to an activating group) is 1. The molecule has 5 nitrogen and oxygen atoms in total. The topological polar surface area (TPSA) is 48.6 Å². The molecule has 2 N–H and O–H groups in total. The van der Waals surface area contributed by atoms with E-state index >= 15 is 0 Å². The molecule has 1 aromatic heterocycles. The first kappa shape index (κ1) is 13.1. The van der Waals surface area contributed by atoms with Crippen molar-refractivity contribution in [3.05, 3.63) is 18.3 Å². The van der Waals surface area contributed by atoms with E-state index in [0.717, 1.165) is 39.3 Å². The van der Waals surface area contributed by atoms with Crippen LogP contribution in [0.4, 0.5) is 11.5 Å². The summed E-state index contributed by atoms with van der Waals surface area (Å²) in [6.45, 7) is 6.67. The fourth-order valence-electron chi connectivity index (χ4n) is 2.16. The number of hydrogen-bond donors (Lipinski definition) is 1. The van der Waals surface area contributed by atoms with E-state index in [-0.39, 0.29) is 0 Å². The quantitative estimate of drug-likeness (QED) is 0.834. The number of nitrogens with zero attached hydrogens (tertiary/aromatic N) is 4. The molecule has 0 saturated carbocycles. The Bertz CT molecular complexity index is 354. The summed E-state index contributed by atoms with van der Waals surface area (Å²) in [6, 6.07) is 3.92. The van der Waals surface area contributed by atoms with Gasteiger partial charge in [0.25, 0.3) is 0 Å². The van der Waals surface area contributed by atoms with Gasteiger partial charge in [-0.1, -0.05) is 0 Å². The van der Waals surface area contributed by atoms with Crippen LogP contribution >= 0.6 is 0 Å². The molecule has 0 unspecified atom stereocenters. The van der Waals surface area contributed by atoms with E-state index in [1.807, 2.05) is 12.3 Å². The number of rotatable bonds is 4. The minimum absolute atomic E-state index is 0.586. The number of hydrogen-bond acceptors (Lipinski definition) is 5. The van der Waals surface area contributed by atoms with Crippen molar-refractivity contribution in [3.63, 3.8) is 0 Å². The number of anilines is 2. The van der Waals surface area contributed by atoms with Crippen LogP contribution in [0.15, 0.2) is 18.3 Å². The highest BCUT2D eigenvalue weighted by atomic mass is 15.3. The summed E-state index contributed by atoms with van der Waals surface area (Å²) < 4.78 is 0. The highest BCUT2D eigenvalue weighted by molar-refractivity contribution is 5.48. The van der Waals surface area contributed by atoms with Crippen molar-refractivity contribution in [1.29, 1.82) is 0 Å². The maximum Gasteiger partial charge on any atom is 0.123 e. The Kier molecular flexibility index (Phi) is 4.38. The van der Waals surface area contributed by atoms with E-state index in [1.54, 1.807) is 0 Å². The van der Waals surface area contributed by atoms with Gasteiger partial charge in [0.15, 0.2) is 0 Å². The van der Waals surface area contributed by atoms with Crippen LogP contribution in [0, 0.1) is 0 Å². The molecule has 5 heteroatoms. The zero-order valence-electron chi connectivity index (χ0n) is 11.3. The van der Waals surface area contributed by atoms with Gasteiger partial charge >= 0.3 is 0 Å². The Morgan fingerprint density at radius 3 is 2.50 bits per heavy atom. The Hall–Kier alpha value is -1.33. The Labute approximate surface area is 109 Å². The lowest BCUT2D eigenvalue weighted by atomic mass is 10.2. The molecule has 1 fully saturated rings. The smallest absolute Gasteiger partial charge is 0.123 e. The van der Waals surface area contributed by atoms with Gasteiger partial charge in [-0.15, -0.1) is 0 Å². The van der Waals surface area contributed by atoms with Crippen LogP contribution in [0.5, 0.6) is 0 Å². The van der Waals surface area contributed by atoms with Crippen molar-refractivity contribution in [3.8, 4) is 0 Å². The maximum absolute atomic E-state index is 5.60. The molecular formula is C13H23N5. The molecule has 0 radical (unpaired) electrons. The van der Waals surface area contributed by atoms with Gasteiger partial charge < -0.3 is 15.5 Å². The third-order valence-electron chi connectivity index (χ3n) is 3.37. The molecule has 2 rings (SSSR count). The first-order valence-corrected chi connectivity index (χ1v) is 6.49. The lowest BCUT2D eigenvalue weighted by Gasteiger charge is -2.36. The van der Waals surface area contributed by atoms with Gasteiger partial charge in [-0.3, -0.25) is 4.90 Å². The van der Waals surface area contributed by atoms with Crippen molar-refractivity contribution >= 4 is 11.5 Å². The van der Waals surface area contributed by atoms with Crippen LogP contribution in [0.2, 0.25) is 0 Å². The minimum atomic E-state index is 0.586. The number of piperazine rings is 1. The van der Waals surface area contributed by atoms with Gasteiger partial charge in [0.2, 0.25) is 0 Å². The van der Waals surface area contributed by atoms with E-state index < -0.39 is 0 Å². The molecule has 0 aromatic carbocycles. The number of nitrogen functional groups attached to an aromatic ring is 1. The second-order valence-corrected chi connectivity index (χ2v) is 5.07. The van der Waals surface area contributed by atoms with Crippen LogP contribution in [-0.2, 0) is 0 Å². The average molecular weight is 249 g/mol. The van der Waals surface area contributed by atoms with Gasteiger partial charge in [0, 0.05) is 39.3 Å². The number of pyridine rings is 1. The third kappa shape index (κ3) is 3.58. The molecule has 1 saturated heterocycles. The van der Waals surface area contributed by atoms with Gasteiger partial charge in [0.1, 0.15) is 5.82 Å². The van der Waals surface area contributed by atoms with Crippen molar-refractivity contribution in [2.75, 3.05) is 64.0 Å². The largest absolute Gasteiger partial charge is 0.384 e. The molecular weight excluding hydrogens is 226 g/mol. The molecule has 18 heavy (non-hydrogen) atoms. The summed E-state index contributed by atoms with van der Waals surface area (Å²) in [5.41, 5.74) is 6.78. The summed E-state index contributed by atoms with van der Waals surface area (Å²) in [7, 11) is 4.24. The average Bonchev–Trinajstić information content (AvgIpc) is 2.38. The standard InChI is InChI=1S/C13H23N5/c1-16(2)5-6-17-7-9-18(10-8-17)12-3-4-13(14)15-11-12/h3-4,11H,5-10H2,1-2H3,(H2,14,15). The highest BCUT2D eigenvalue weighted by Gasteiger charge is 2.16. The monoisotopic (exact) mass is 249 g/mol. The van der Waals surface area contributed by atoms with Crippen LogP contribution in [0.3, 0.4) is 0 Å². The zero-order valence-corrected chi connectivity index (χ0v) is 11.3. The van der Waals surface area contributed by atoms with Gasteiger partial charge in [-0.25, -0.2) is 4.98 Å². The lowest BCUT2D eigenvalue weighted by molar-refractivity contribution is 0.229. The molecule has 0 bridgehead atoms. The van der Waals surface area contributed by atoms with Crippen LogP contribution in [-0.4, -0.2) is 68.1 Å². The SMILES string of the molecule is CN(C)CCN1CCN(c2ccc(N)nc2)CC1.